The van der Waals surface area contributed by atoms with E-state index in [9.17, 15) is 9.59 Å². The van der Waals surface area contributed by atoms with Crippen LogP contribution in [0, 0.1) is 27.7 Å². The van der Waals surface area contributed by atoms with E-state index >= 15 is 0 Å². The Morgan fingerprint density at radius 3 is 2.61 bits per heavy atom. The number of carbonyl (C=O) groups is 1. The minimum Gasteiger partial charge on any atom is -0.350 e. The maximum Gasteiger partial charge on any atom is 0.345 e. The van der Waals surface area contributed by atoms with Crippen LogP contribution >= 0.6 is 11.3 Å². The van der Waals surface area contributed by atoms with Crippen molar-refractivity contribution in [1.29, 1.82) is 0 Å². The van der Waals surface area contributed by atoms with E-state index in [0.29, 0.717) is 18.5 Å². The smallest absolute Gasteiger partial charge is 0.345 e. The third kappa shape index (κ3) is 4.28. The van der Waals surface area contributed by atoms with Crippen molar-refractivity contribution in [3.63, 3.8) is 0 Å². The summed E-state index contributed by atoms with van der Waals surface area (Å²) in [6.45, 7) is 9.79. The lowest BCUT2D eigenvalue weighted by atomic mass is 10.1. The first kappa shape index (κ1) is 17.4. The molecule has 2 rings (SSSR count). The number of H-pyrrole nitrogens is 1. The molecule has 0 unspecified atom stereocenters. The molecule has 0 aliphatic carbocycles. The molecular weight excluding hydrogens is 310 g/mol. The van der Waals surface area contributed by atoms with Gasteiger partial charge in [0.25, 0.3) is 0 Å². The van der Waals surface area contributed by atoms with Gasteiger partial charge in [-0.25, -0.2) is 4.79 Å². The zero-order valence-electron chi connectivity index (χ0n) is 14.2. The van der Waals surface area contributed by atoms with Gasteiger partial charge in [0, 0.05) is 27.6 Å². The molecule has 0 aromatic carbocycles. The van der Waals surface area contributed by atoms with E-state index in [1.165, 1.54) is 15.3 Å². The van der Waals surface area contributed by atoms with Crippen molar-refractivity contribution in [3.8, 4) is 0 Å². The first-order valence-corrected chi connectivity index (χ1v) is 8.52. The Hall–Kier alpha value is -1.95. The molecule has 2 aromatic rings. The number of aromatic nitrogens is 2. The van der Waals surface area contributed by atoms with Crippen LogP contribution in [0.15, 0.2) is 10.9 Å². The average molecular weight is 333 g/mol. The van der Waals surface area contributed by atoms with Crippen LogP contribution in [0.1, 0.15) is 51.7 Å². The van der Waals surface area contributed by atoms with Gasteiger partial charge < -0.3 is 10.3 Å². The molecule has 6 heteroatoms. The van der Waals surface area contributed by atoms with Crippen molar-refractivity contribution in [2.75, 3.05) is 0 Å². The summed E-state index contributed by atoms with van der Waals surface area (Å²) in [5.41, 5.74) is 3.25. The molecular formula is C17H23N3O2S. The van der Waals surface area contributed by atoms with Crippen LogP contribution in [0.2, 0.25) is 0 Å². The number of hydrogen-bond donors (Lipinski definition) is 2. The van der Waals surface area contributed by atoms with E-state index < -0.39 is 0 Å². The van der Waals surface area contributed by atoms with Gasteiger partial charge in [0.2, 0.25) is 5.91 Å². The summed E-state index contributed by atoms with van der Waals surface area (Å²) in [7, 11) is 0. The van der Waals surface area contributed by atoms with Gasteiger partial charge in [-0.3, -0.25) is 4.79 Å². The monoisotopic (exact) mass is 333 g/mol. The Kier molecular flexibility index (Phi) is 5.36. The molecule has 0 aliphatic heterocycles. The lowest BCUT2D eigenvalue weighted by Gasteiger charge is -2.14. The molecule has 124 valence electrons. The Morgan fingerprint density at radius 1 is 1.35 bits per heavy atom. The van der Waals surface area contributed by atoms with Gasteiger partial charge in [0.05, 0.1) is 6.04 Å². The number of hydrogen-bond acceptors (Lipinski definition) is 4. The summed E-state index contributed by atoms with van der Waals surface area (Å²) in [4.78, 5) is 32.6. The third-order valence-corrected chi connectivity index (χ3v) is 4.96. The number of thiophene rings is 1. The molecule has 1 amide bonds. The molecule has 2 heterocycles. The summed E-state index contributed by atoms with van der Waals surface area (Å²) in [6, 6.07) is 2.13. The maximum atomic E-state index is 12.2. The zero-order valence-corrected chi connectivity index (χ0v) is 15.1. The van der Waals surface area contributed by atoms with E-state index in [1.807, 2.05) is 13.8 Å². The van der Waals surface area contributed by atoms with Crippen LogP contribution in [0.5, 0.6) is 0 Å². The maximum absolute atomic E-state index is 12.2. The predicted octanol–water partition coefficient (Wildman–Crippen LogP) is 2.88. The van der Waals surface area contributed by atoms with Gasteiger partial charge >= 0.3 is 5.69 Å². The molecule has 0 fully saturated rings. The fourth-order valence-electron chi connectivity index (χ4n) is 2.83. The highest BCUT2D eigenvalue weighted by molar-refractivity contribution is 7.12. The lowest BCUT2D eigenvalue weighted by molar-refractivity contribution is -0.121. The fraction of sp³-hybridized carbons (Fsp3) is 0.471. The minimum atomic E-state index is -0.342. The first-order valence-electron chi connectivity index (χ1n) is 7.70. The van der Waals surface area contributed by atoms with Crippen molar-refractivity contribution in [2.24, 2.45) is 0 Å². The summed E-state index contributed by atoms with van der Waals surface area (Å²) in [6.07, 6.45) is 0.948. The molecule has 0 bridgehead atoms. The van der Waals surface area contributed by atoms with Crippen LogP contribution < -0.4 is 11.0 Å². The zero-order chi connectivity index (χ0) is 17.1. The molecule has 0 saturated carbocycles. The third-order valence-electron chi connectivity index (χ3n) is 3.98. The van der Waals surface area contributed by atoms with Gasteiger partial charge in [-0.15, -0.1) is 11.3 Å². The van der Waals surface area contributed by atoms with Crippen molar-refractivity contribution in [1.82, 2.24) is 15.3 Å². The predicted molar refractivity (Wildman–Crippen MR) is 93.0 cm³/mol. The van der Waals surface area contributed by atoms with Crippen molar-refractivity contribution >= 4 is 17.2 Å². The van der Waals surface area contributed by atoms with E-state index in [-0.39, 0.29) is 17.6 Å². The van der Waals surface area contributed by atoms with Gasteiger partial charge in [-0.1, -0.05) is 0 Å². The second kappa shape index (κ2) is 7.08. The van der Waals surface area contributed by atoms with Gasteiger partial charge in [0.15, 0.2) is 0 Å². The van der Waals surface area contributed by atoms with E-state index in [4.69, 9.17) is 0 Å². The highest BCUT2D eigenvalue weighted by Crippen LogP contribution is 2.26. The largest absolute Gasteiger partial charge is 0.350 e. The van der Waals surface area contributed by atoms with Crippen LogP contribution in [0.3, 0.4) is 0 Å². The standard InChI is InChI=1S/C17H23N3O2S/c1-9-8-15(13(5)23-9)12(4)18-16(21)7-6-14-10(2)19-17(22)20-11(14)3/h8,12H,6-7H2,1-5H3,(H,18,21)(H,19,20,22)/t12-/m1/s1. The average Bonchev–Trinajstić information content (AvgIpc) is 2.76. The number of rotatable bonds is 5. The molecule has 0 aliphatic rings. The number of nitrogens with zero attached hydrogens (tertiary/aromatic N) is 1. The number of aromatic amines is 1. The van der Waals surface area contributed by atoms with Crippen molar-refractivity contribution in [2.45, 2.75) is 53.5 Å². The SMILES string of the molecule is Cc1cc([C@@H](C)NC(=O)CCc2c(C)nc(=O)[nH]c2C)c(C)s1. The van der Waals surface area contributed by atoms with Gasteiger partial charge in [-0.05, 0) is 58.2 Å². The quantitative estimate of drug-likeness (QED) is 0.883. The molecule has 2 N–H and O–H groups in total. The van der Waals surface area contributed by atoms with Gasteiger partial charge in [0.1, 0.15) is 0 Å². The summed E-state index contributed by atoms with van der Waals surface area (Å²) in [5.74, 6) is 0.00533. The Bertz CT molecular complexity index is 750. The first-order chi connectivity index (χ1) is 10.8. The summed E-state index contributed by atoms with van der Waals surface area (Å²) < 4.78 is 0. The van der Waals surface area contributed by atoms with Crippen LogP contribution in [0.25, 0.3) is 0 Å². The molecule has 1 atom stereocenters. The van der Waals surface area contributed by atoms with E-state index in [2.05, 4.69) is 35.2 Å². The molecule has 0 saturated heterocycles. The van der Waals surface area contributed by atoms with Crippen LogP contribution in [-0.2, 0) is 11.2 Å². The molecule has 23 heavy (non-hydrogen) atoms. The lowest BCUT2D eigenvalue weighted by Crippen LogP contribution is -2.27. The Labute approximate surface area is 140 Å². The highest BCUT2D eigenvalue weighted by atomic mass is 32.1. The molecule has 0 radical (unpaired) electrons. The van der Waals surface area contributed by atoms with Crippen molar-refractivity contribution < 1.29 is 4.79 Å². The number of carbonyl (C=O) groups excluding carboxylic acids is 1. The molecule has 0 spiro atoms. The van der Waals surface area contributed by atoms with E-state index in [0.717, 1.165) is 11.3 Å². The van der Waals surface area contributed by atoms with Crippen LogP contribution in [-0.4, -0.2) is 15.9 Å². The number of nitrogens with one attached hydrogen (secondary N) is 2. The topological polar surface area (TPSA) is 74.8 Å². The molecule has 5 nitrogen and oxygen atoms in total. The highest BCUT2D eigenvalue weighted by Gasteiger charge is 2.15. The fourth-order valence-corrected chi connectivity index (χ4v) is 3.86. The second-order valence-electron chi connectivity index (χ2n) is 5.89. The second-order valence-corrected chi connectivity index (χ2v) is 7.35. The Morgan fingerprint density at radius 2 is 2.04 bits per heavy atom. The normalized spacial score (nSPS) is 12.2. The Balaban J connectivity index is 1.98. The minimum absolute atomic E-state index is 0.00310. The van der Waals surface area contributed by atoms with E-state index in [1.54, 1.807) is 18.3 Å². The molecule has 2 aromatic heterocycles. The summed E-state index contributed by atoms with van der Waals surface area (Å²) in [5, 5.41) is 3.05. The van der Waals surface area contributed by atoms with Gasteiger partial charge in [-0.2, -0.15) is 4.98 Å². The van der Waals surface area contributed by atoms with Crippen molar-refractivity contribution in [3.05, 3.63) is 48.8 Å². The number of aryl methyl sites for hydroxylation is 4. The van der Waals surface area contributed by atoms with Crippen LogP contribution in [0.4, 0.5) is 0 Å². The summed E-state index contributed by atoms with van der Waals surface area (Å²) >= 11 is 1.75. The number of amides is 1.